The number of rotatable bonds is 1. The van der Waals surface area contributed by atoms with Crippen LogP contribution in [0, 0.1) is 0 Å². The Labute approximate surface area is 95.2 Å². The third-order valence-electron chi connectivity index (χ3n) is 1.98. The molecule has 5 heteroatoms. The molecule has 0 unspecified atom stereocenters. The molecule has 86 valence electrons. The molecule has 0 aliphatic carbocycles. The molecule has 0 aliphatic heterocycles. The summed E-state index contributed by atoms with van der Waals surface area (Å²) >= 11 is 0. The van der Waals surface area contributed by atoms with Crippen molar-refractivity contribution in [3.8, 4) is 0 Å². The van der Waals surface area contributed by atoms with Crippen LogP contribution in [-0.4, -0.2) is 19.9 Å². The highest BCUT2D eigenvalue weighted by atomic mass is 15.0. The van der Waals surface area contributed by atoms with Gasteiger partial charge in [0.25, 0.3) is 0 Å². The van der Waals surface area contributed by atoms with Crippen molar-refractivity contribution in [2.24, 2.45) is 0 Å². The number of hydrogen-bond acceptors (Lipinski definition) is 5. The minimum atomic E-state index is 0.325. The van der Waals surface area contributed by atoms with Gasteiger partial charge < -0.3 is 5.73 Å². The second-order valence-electron chi connectivity index (χ2n) is 3.38. The quantitative estimate of drug-likeness (QED) is 0.795. The first kappa shape index (κ1) is 12.3. The van der Waals surface area contributed by atoms with E-state index in [4.69, 9.17) is 5.73 Å². The Hall–Kier alpha value is -1.78. The van der Waals surface area contributed by atoms with Gasteiger partial charge in [0, 0.05) is 0 Å². The molecule has 2 heterocycles. The molecule has 0 spiro atoms. The lowest BCUT2D eigenvalue weighted by Gasteiger charge is -2.04. The zero-order chi connectivity index (χ0) is 12.1. The Kier molecular flexibility index (Phi) is 4.10. The molecule has 0 bridgehead atoms. The van der Waals surface area contributed by atoms with E-state index in [0.717, 1.165) is 5.69 Å². The Morgan fingerprint density at radius 2 is 1.81 bits per heavy atom. The highest BCUT2D eigenvalue weighted by molar-refractivity contribution is 5.80. The first-order valence-electron chi connectivity index (χ1n) is 5.41. The molecule has 0 aliphatic rings. The van der Waals surface area contributed by atoms with Crippen molar-refractivity contribution in [3.05, 3.63) is 18.2 Å². The average Bonchev–Trinajstić information content (AvgIpc) is 2.32. The first-order chi connectivity index (χ1) is 7.68. The second-order valence-corrected chi connectivity index (χ2v) is 3.38. The third-order valence-corrected chi connectivity index (χ3v) is 1.98. The summed E-state index contributed by atoms with van der Waals surface area (Å²) in [6, 6.07) is 0. The maximum absolute atomic E-state index is 5.67. The van der Waals surface area contributed by atoms with E-state index in [9.17, 15) is 0 Å². The molecule has 16 heavy (non-hydrogen) atoms. The van der Waals surface area contributed by atoms with Crippen LogP contribution in [0.15, 0.2) is 12.5 Å². The van der Waals surface area contributed by atoms with E-state index in [2.05, 4.69) is 33.8 Å². The van der Waals surface area contributed by atoms with Gasteiger partial charge in [-0.05, 0) is 5.92 Å². The van der Waals surface area contributed by atoms with Crippen LogP contribution in [0.1, 0.15) is 39.3 Å². The predicted octanol–water partition coefficient (Wildman–Crippen LogP) is 2.15. The number of anilines is 1. The van der Waals surface area contributed by atoms with E-state index in [1.54, 1.807) is 6.20 Å². The molecule has 2 aromatic heterocycles. The summed E-state index contributed by atoms with van der Waals surface area (Å²) in [5.41, 5.74) is 7.70. The number of fused-ring (bicyclic) bond motifs is 1. The summed E-state index contributed by atoms with van der Waals surface area (Å²) in [5, 5.41) is 0. The van der Waals surface area contributed by atoms with E-state index in [1.807, 2.05) is 13.8 Å². The van der Waals surface area contributed by atoms with Crippen LogP contribution in [0.25, 0.3) is 11.2 Å². The van der Waals surface area contributed by atoms with Gasteiger partial charge in [-0.2, -0.15) is 0 Å². The van der Waals surface area contributed by atoms with Crippen molar-refractivity contribution in [1.82, 2.24) is 19.9 Å². The Morgan fingerprint density at radius 1 is 1.12 bits per heavy atom. The minimum Gasteiger partial charge on any atom is -0.382 e. The van der Waals surface area contributed by atoms with Gasteiger partial charge in [0.1, 0.15) is 6.33 Å². The van der Waals surface area contributed by atoms with Gasteiger partial charge >= 0.3 is 0 Å². The van der Waals surface area contributed by atoms with Crippen LogP contribution in [0.5, 0.6) is 0 Å². The van der Waals surface area contributed by atoms with Gasteiger partial charge in [0.2, 0.25) is 0 Å². The van der Waals surface area contributed by atoms with Crippen LogP contribution >= 0.6 is 0 Å². The van der Waals surface area contributed by atoms with E-state index in [1.165, 1.54) is 6.33 Å². The van der Waals surface area contributed by atoms with Crippen LogP contribution in [0.2, 0.25) is 0 Å². The van der Waals surface area contributed by atoms with Crippen molar-refractivity contribution in [2.45, 2.75) is 33.6 Å². The molecule has 0 saturated carbocycles. The summed E-state index contributed by atoms with van der Waals surface area (Å²) in [6.07, 6.45) is 3.11. The maximum atomic E-state index is 5.67. The fourth-order valence-corrected chi connectivity index (χ4v) is 1.15. The third kappa shape index (κ3) is 2.42. The lowest BCUT2D eigenvalue weighted by Crippen LogP contribution is -2.01. The molecule has 0 radical (unpaired) electrons. The van der Waals surface area contributed by atoms with Crippen LogP contribution < -0.4 is 5.73 Å². The first-order valence-corrected chi connectivity index (χ1v) is 5.41. The molecule has 0 amide bonds. The monoisotopic (exact) mass is 219 g/mol. The van der Waals surface area contributed by atoms with E-state index in [-0.39, 0.29) is 0 Å². The molecule has 2 N–H and O–H groups in total. The molecule has 2 rings (SSSR count). The maximum Gasteiger partial charge on any atom is 0.183 e. The highest BCUT2D eigenvalue weighted by Crippen LogP contribution is 2.16. The van der Waals surface area contributed by atoms with Gasteiger partial charge in [0.15, 0.2) is 17.0 Å². The molecule has 0 fully saturated rings. The van der Waals surface area contributed by atoms with Crippen molar-refractivity contribution in [2.75, 3.05) is 5.73 Å². The van der Waals surface area contributed by atoms with Crippen molar-refractivity contribution in [3.63, 3.8) is 0 Å². The summed E-state index contributed by atoms with van der Waals surface area (Å²) in [6.45, 7) is 8.10. The number of hydrogen-bond donors (Lipinski definition) is 1. The van der Waals surface area contributed by atoms with E-state index < -0.39 is 0 Å². The number of aromatic nitrogens is 4. The Balaban J connectivity index is 0.000000606. The van der Waals surface area contributed by atoms with Gasteiger partial charge in [-0.25, -0.2) is 19.9 Å². The fraction of sp³-hybridized carbons (Fsp3) is 0.455. The molecule has 5 nitrogen and oxygen atoms in total. The molecule has 0 saturated heterocycles. The standard InChI is InChI=1S/C9H11N5.C2H6/c1-5(2)6-3-11-9-7(14-6)8(10)12-4-13-9;1-2/h3-5H,1-2H3,(H2,10,11,12,13);1-2H3. The van der Waals surface area contributed by atoms with Crippen molar-refractivity contribution in [1.29, 1.82) is 0 Å². The average molecular weight is 219 g/mol. The van der Waals surface area contributed by atoms with Crippen LogP contribution in [-0.2, 0) is 0 Å². The largest absolute Gasteiger partial charge is 0.382 e. The van der Waals surface area contributed by atoms with Gasteiger partial charge in [-0.3, -0.25) is 0 Å². The molecule has 0 atom stereocenters. The lowest BCUT2D eigenvalue weighted by atomic mass is 10.1. The minimum absolute atomic E-state index is 0.325. The zero-order valence-corrected chi connectivity index (χ0v) is 10.1. The van der Waals surface area contributed by atoms with E-state index in [0.29, 0.717) is 22.9 Å². The normalized spacial score (nSPS) is 10.1. The fourth-order valence-electron chi connectivity index (χ4n) is 1.15. The smallest absolute Gasteiger partial charge is 0.183 e. The molecule has 0 aromatic carbocycles. The molecule has 2 aromatic rings. The Bertz CT molecular complexity index is 467. The van der Waals surface area contributed by atoms with Crippen LogP contribution in [0.3, 0.4) is 0 Å². The van der Waals surface area contributed by atoms with Gasteiger partial charge in [-0.15, -0.1) is 0 Å². The second kappa shape index (κ2) is 5.34. The number of nitrogen functional groups attached to an aromatic ring is 1. The van der Waals surface area contributed by atoms with Gasteiger partial charge in [-0.1, -0.05) is 27.7 Å². The van der Waals surface area contributed by atoms with Crippen molar-refractivity contribution >= 4 is 17.0 Å². The van der Waals surface area contributed by atoms with Crippen LogP contribution in [0.4, 0.5) is 5.82 Å². The summed E-state index contributed by atoms with van der Waals surface area (Å²) < 4.78 is 0. The molecular weight excluding hydrogens is 202 g/mol. The number of nitrogens with zero attached hydrogens (tertiary/aromatic N) is 4. The Morgan fingerprint density at radius 3 is 2.44 bits per heavy atom. The topological polar surface area (TPSA) is 77.6 Å². The zero-order valence-electron chi connectivity index (χ0n) is 10.1. The summed E-state index contributed by atoms with van der Waals surface area (Å²) in [5.74, 6) is 0.705. The predicted molar refractivity (Wildman–Crippen MR) is 65.0 cm³/mol. The van der Waals surface area contributed by atoms with Crippen molar-refractivity contribution < 1.29 is 0 Å². The van der Waals surface area contributed by atoms with Gasteiger partial charge in [0.05, 0.1) is 11.9 Å². The highest BCUT2D eigenvalue weighted by Gasteiger charge is 2.06. The van der Waals surface area contributed by atoms with E-state index >= 15 is 0 Å². The summed E-state index contributed by atoms with van der Waals surface area (Å²) in [4.78, 5) is 16.4. The lowest BCUT2D eigenvalue weighted by molar-refractivity contribution is 0.820. The molecular formula is C11H17N5. The SMILES string of the molecule is CC.CC(C)c1cnc2ncnc(N)c2n1. The summed E-state index contributed by atoms with van der Waals surface area (Å²) in [7, 11) is 0. The number of nitrogens with two attached hydrogens (primary N) is 1.